The van der Waals surface area contributed by atoms with E-state index in [0.717, 1.165) is 9.35 Å². The van der Waals surface area contributed by atoms with E-state index in [9.17, 15) is 14.4 Å². The van der Waals surface area contributed by atoms with Crippen LogP contribution < -0.4 is 16.4 Å². The Bertz CT molecular complexity index is 851. The van der Waals surface area contributed by atoms with E-state index >= 15 is 0 Å². The number of primary amides is 1. The molecule has 154 valence electrons. The van der Waals surface area contributed by atoms with Crippen LogP contribution in [0.3, 0.4) is 0 Å². The van der Waals surface area contributed by atoms with Crippen molar-refractivity contribution in [2.45, 2.75) is 25.3 Å². The van der Waals surface area contributed by atoms with E-state index in [-0.39, 0.29) is 24.2 Å². The van der Waals surface area contributed by atoms with Crippen LogP contribution in [0.1, 0.15) is 30.2 Å². The average molecular weight is 480 g/mol. The minimum absolute atomic E-state index is 0.0643. The average Bonchev–Trinajstić information content (AvgIpc) is 3.24. The second-order valence-electron chi connectivity index (χ2n) is 6.79. The van der Waals surface area contributed by atoms with Crippen LogP contribution in [0.4, 0.5) is 10.6 Å². The number of aromatic nitrogens is 1. The molecule has 2 aromatic heterocycles. The highest BCUT2D eigenvalue weighted by Crippen LogP contribution is 2.25. The molecule has 1 unspecified atom stereocenters. The van der Waals surface area contributed by atoms with E-state index in [0.29, 0.717) is 31.7 Å². The van der Waals surface area contributed by atoms with Gasteiger partial charge in [0.2, 0.25) is 11.8 Å². The predicted molar refractivity (Wildman–Crippen MR) is 114 cm³/mol. The largest absolute Gasteiger partial charge is 0.352 e. The highest BCUT2D eigenvalue weighted by molar-refractivity contribution is 9.10. The number of amides is 4. The van der Waals surface area contributed by atoms with Crippen molar-refractivity contribution in [2.75, 3.05) is 18.4 Å². The summed E-state index contributed by atoms with van der Waals surface area (Å²) in [4.78, 5) is 43.2. The lowest BCUT2D eigenvalue weighted by molar-refractivity contribution is -0.135. The van der Waals surface area contributed by atoms with Gasteiger partial charge in [-0.1, -0.05) is 6.07 Å². The number of thiophene rings is 1. The number of urea groups is 1. The Hall–Kier alpha value is -2.46. The molecule has 29 heavy (non-hydrogen) atoms. The van der Waals surface area contributed by atoms with Gasteiger partial charge < -0.3 is 21.3 Å². The molecule has 1 aliphatic heterocycles. The van der Waals surface area contributed by atoms with E-state index in [4.69, 9.17) is 5.73 Å². The van der Waals surface area contributed by atoms with Gasteiger partial charge in [-0.05, 0) is 52.4 Å². The number of rotatable bonds is 6. The van der Waals surface area contributed by atoms with Gasteiger partial charge in [0.15, 0.2) is 0 Å². The Balaban J connectivity index is 1.51. The molecule has 0 aliphatic carbocycles. The second kappa shape index (κ2) is 9.84. The normalized spacial score (nSPS) is 15.6. The molecule has 2 aromatic rings. The maximum atomic E-state index is 12.7. The third-order valence-corrected chi connectivity index (χ3v) is 6.23. The van der Waals surface area contributed by atoms with Gasteiger partial charge in [-0.3, -0.25) is 9.59 Å². The fourth-order valence-corrected chi connectivity index (χ4v) is 4.27. The van der Waals surface area contributed by atoms with Gasteiger partial charge in [0.05, 0.1) is 12.5 Å². The van der Waals surface area contributed by atoms with Gasteiger partial charge in [-0.2, -0.15) is 0 Å². The third kappa shape index (κ3) is 6.01. The third-order valence-electron chi connectivity index (χ3n) is 4.78. The Kier molecular flexibility index (Phi) is 7.21. The van der Waals surface area contributed by atoms with Crippen molar-refractivity contribution in [1.82, 2.24) is 15.2 Å². The summed E-state index contributed by atoms with van der Waals surface area (Å²) < 4.78 is 0.842. The summed E-state index contributed by atoms with van der Waals surface area (Å²) in [5.41, 5.74) is 5.25. The SMILES string of the molecule is NC(=O)NC(CC(=O)N1CCC(C(=O)Nc2ccc(Br)cn2)CC1)c1cccs1. The van der Waals surface area contributed by atoms with Gasteiger partial charge in [0.25, 0.3) is 0 Å². The first-order valence-electron chi connectivity index (χ1n) is 9.22. The number of pyridine rings is 1. The van der Waals surface area contributed by atoms with E-state index in [1.165, 1.54) is 11.3 Å². The van der Waals surface area contributed by atoms with Crippen LogP contribution in [0.15, 0.2) is 40.3 Å². The highest BCUT2D eigenvalue weighted by Gasteiger charge is 2.29. The van der Waals surface area contributed by atoms with Crippen LogP contribution in [0, 0.1) is 5.92 Å². The van der Waals surface area contributed by atoms with Crippen LogP contribution in [0.2, 0.25) is 0 Å². The summed E-state index contributed by atoms with van der Waals surface area (Å²) >= 11 is 4.77. The number of nitrogens with two attached hydrogens (primary N) is 1. The van der Waals surface area contributed by atoms with Crippen LogP contribution in [-0.2, 0) is 9.59 Å². The number of nitrogens with zero attached hydrogens (tertiary/aromatic N) is 2. The van der Waals surface area contributed by atoms with Gasteiger partial charge in [-0.15, -0.1) is 11.3 Å². The molecule has 0 spiro atoms. The Morgan fingerprint density at radius 2 is 2.03 bits per heavy atom. The lowest BCUT2D eigenvalue weighted by Gasteiger charge is -2.32. The first-order chi connectivity index (χ1) is 13.9. The number of likely N-dealkylation sites (tertiary alicyclic amines) is 1. The zero-order valence-electron chi connectivity index (χ0n) is 15.6. The summed E-state index contributed by atoms with van der Waals surface area (Å²) in [5.74, 6) is 0.193. The fraction of sp³-hybridized carbons (Fsp3) is 0.368. The Morgan fingerprint density at radius 1 is 1.28 bits per heavy atom. The Morgan fingerprint density at radius 3 is 2.62 bits per heavy atom. The van der Waals surface area contributed by atoms with Gasteiger partial charge in [-0.25, -0.2) is 9.78 Å². The first-order valence-corrected chi connectivity index (χ1v) is 10.9. The topological polar surface area (TPSA) is 117 Å². The molecule has 4 N–H and O–H groups in total. The van der Waals surface area contributed by atoms with Crippen LogP contribution >= 0.6 is 27.3 Å². The summed E-state index contributed by atoms with van der Waals surface area (Å²) in [6, 6.07) is 6.18. The van der Waals surface area contributed by atoms with Crippen molar-refractivity contribution in [1.29, 1.82) is 0 Å². The summed E-state index contributed by atoms with van der Waals surface area (Å²) in [7, 11) is 0. The molecular formula is C19H22BrN5O3S. The monoisotopic (exact) mass is 479 g/mol. The molecule has 0 aromatic carbocycles. The lowest BCUT2D eigenvalue weighted by Crippen LogP contribution is -2.43. The van der Waals surface area contributed by atoms with Crippen molar-refractivity contribution in [3.8, 4) is 0 Å². The Labute approximate surface area is 181 Å². The number of hydrogen-bond donors (Lipinski definition) is 3. The molecule has 3 heterocycles. The molecule has 0 saturated carbocycles. The van der Waals surface area contributed by atoms with E-state index < -0.39 is 12.1 Å². The molecule has 1 saturated heterocycles. The molecule has 8 nitrogen and oxygen atoms in total. The number of carbonyl (C=O) groups is 3. The van der Waals surface area contributed by atoms with Gasteiger partial charge in [0.1, 0.15) is 5.82 Å². The minimum Gasteiger partial charge on any atom is -0.352 e. The summed E-state index contributed by atoms with van der Waals surface area (Å²) in [6.45, 7) is 0.997. The standard InChI is InChI=1S/C19H22BrN5O3S/c20-13-3-4-16(22-11-13)24-18(27)12-5-7-25(8-6-12)17(26)10-14(23-19(21)28)15-2-1-9-29-15/h1-4,9,11-12,14H,5-8,10H2,(H3,21,23,28)(H,22,24,27). The number of nitrogens with one attached hydrogen (secondary N) is 2. The molecule has 1 fully saturated rings. The van der Waals surface area contributed by atoms with Crippen molar-refractivity contribution in [3.05, 3.63) is 45.2 Å². The first kappa shape index (κ1) is 21.3. The summed E-state index contributed by atoms with van der Waals surface area (Å²) in [6.07, 6.45) is 2.94. The number of piperidine rings is 1. The molecule has 0 bridgehead atoms. The fourth-order valence-electron chi connectivity index (χ4n) is 3.26. The van der Waals surface area contributed by atoms with Crippen LogP contribution in [0.25, 0.3) is 0 Å². The second-order valence-corrected chi connectivity index (χ2v) is 8.68. The zero-order chi connectivity index (χ0) is 20.8. The van der Waals surface area contributed by atoms with Gasteiger partial charge >= 0.3 is 6.03 Å². The van der Waals surface area contributed by atoms with Crippen molar-refractivity contribution in [2.24, 2.45) is 11.7 Å². The maximum absolute atomic E-state index is 12.7. The van der Waals surface area contributed by atoms with Crippen LogP contribution in [-0.4, -0.2) is 40.8 Å². The quantitative estimate of drug-likeness (QED) is 0.589. The molecule has 4 amide bonds. The molecule has 10 heteroatoms. The number of halogens is 1. The molecular weight excluding hydrogens is 458 g/mol. The summed E-state index contributed by atoms with van der Waals surface area (Å²) in [5, 5.41) is 7.35. The highest BCUT2D eigenvalue weighted by atomic mass is 79.9. The van der Waals surface area contributed by atoms with E-state index in [1.807, 2.05) is 23.6 Å². The van der Waals surface area contributed by atoms with Crippen molar-refractivity contribution < 1.29 is 14.4 Å². The number of carbonyl (C=O) groups excluding carboxylic acids is 3. The predicted octanol–water partition coefficient (Wildman–Crippen LogP) is 2.88. The number of hydrogen-bond acceptors (Lipinski definition) is 5. The van der Waals surface area contributed by atoms with Gasteiger partial charge in [0, 0.05) is 34.6 Å². The van der Waals surface area contributed by atoms with E-state index in [1.54, 1.807) is 17.2 Å². The molecule has 1 atom stereocenters. The minimum atomic E-state index is -0.659. The maximum Gasteiger partial charge on any atom is 0.312 e. The smallest absolute Gasteiger partial charge is 0.312 e. The lowest BCUT2D eigenvalue weighted by atomic mass is 9.95. The number of anilines is 1. The molecule has 3 rings (SSSR count). The van der Waals surface area contributed by atoms with Crippen LogP contribution in [0.5, 0.6) is 0 Å². The van der Waals surface area contributed by atoms with Crippen molar-refractivity contribution in [3.63, 3.8) is 0 Å². The molecule has 0 radical (unpaired) electrons. The van der Waals surface area contributed by atoms with E-state index in [2.05, 4.69) is 31.5 Å². The zero-order valence-corrected chi connectivity index (χ0v) is 18.0. The van der Waals surface area contributed by atoms with Crippen molar-refractivity contribution >= 4 is 50.9 Å². The molecule has 1 aliphatic rings.